The van der Waals surface area contributed by atoms with Crippen LogP contribution in [-0.2, 0) is 9.53 Å². The fourth-order valence-corrected chi connectivity index (χ4v) is 2.43. The molecule has 5 heteroatoms. The van der Waals surface area contributed by atoms with Crippen LogP contribution in [-0.4, -0.2) is 23.6 Å². The molecule has 0 radical (unpaired) electrons. The van der Waals surface area contributed by atoms with Crippen LogP contribution in [0.15, 0.2) is 78.9 Å². The van der Waals surface area contributed by atoms with E-state index < -0.39 is 18.5 Å². The van der Waals surface area contributed by atoms with Crippen LogP contribution < -0.4 is 5.32 Å². The van der Waals surface area contributed by atoms with Crippen LogP contribution in [0.1, 0.15) is 10.4 Å². The second-order valence-electron chi connectivity index (χ2n) is 5.58. The van der Waals surface area contributed by atoms with Gasteiger partial charge in [0.05, 0.1) is 0 Å². The molecular weight excluding hydrogens is 330 g/mol. The van der Waals surface area contributed by atoms with Gasteiger partial charge in [-0.3, -0.25) is 4.79 Å². The Morgan fingerprint density at radius 2 is 1.42 bits per heavy atom. The van der Waals surface area contributed by atoms with Crippen LogP contribution in [0.2, 0.25) is 0 Å². The van der Waals surface area contributed by atoms with Crippen LogP contribution in [0.4, 0.5) is 5.69 Å². The number of rotatable bonds is 5. The molecule has 26 heavy (non-hydrogen) atoms. The number of carbonyl (C=O) groups excluding carboxylic acids is 2. The van der Waals surface area contributed by atoms with E-state index in [1.165, 1.54) is 12.1 Å². The number of ether oxygens (including phenoxy) is 1. The minimum atomic E-state index is -0.752. The van der Waals surface area contributed by atoms with Crippen molar-refractivity contribution in [3.63, 3.8) is 0 Å². The molecule has 0 bridgehead atoms. The number of hydrogen-bond acceptors (Lipinski definition) is 4. The maximum atomic E-state index is 11.9. The summed E-state index contributed by atoms with van der Waals surface area (Å²) in [7, 11) is 0. The third-order valence-corrected chi connectivity index (χ3v) is 3.73. The zero-order valence-electron chi connectivity index (χ0n) is 13.9. The van der Waals surface area contributed by atoms with Crippen LogP contribution in [0, 0.1) is 0 Å². The maximum absolute atomic E-state index is 11.9. The van der Waals surface area contributed by atoms with E-state index in [4.69, 9.17) is 4.74 Å². The Labute approximate surface area is 150 Å². The number of anilines is 1. The van der Waals surface area contributed by atoms with Crippen molar-refractivity contribution in [2.75, 3.05) is 11.9 Å². The third-order valence-electron chi connectivity index (χ3n) is 3.73. The standard InChI is InChI=1S/C21H17NO4/c23-19-9-5-4-8-18(19)21(25)26-14-20(24)22-17-12-10-16(11-13-17)15-6-2-1-3-7-15/h1-13,23H,14H2,(H,22,24). The van der Waals surface area contributed by atoms with Gasteiger partial charge in [-0.2, -0.15) is 0 Å². The Balaban J connectivity index is 1.55. The van der Waals surface area contributed by atoms with E-state index in [0.717, 1.165) is 11.1 Å². The Hall–Kier alpha value is -3.60. The molecule has 5 nitrogen and oxygen atoms in total. The summed E-state index contributed by atoms with van der Waals surface area (Å²) in [6.45, 7) is -0.437. The highest BCUT2D eigenvalue weighted by atomic mass is 16.5. The summed E-state index contributed by atoms with van der Waals surface area (Å²) < 4.78 is 4.92. The smallest absolute Gasteiger partial charge is 0.342 e. The zero-order valence-corrected chi connectivity index (χ0v) is 13.9. The molecular formula is C21H17NO4. The van der Waals surface area contributed by atoms with E-state index >= 15 is 0 Å². The Bertz CT molecular complexity index is 905. The van der Waals surface area contributed by atoms with Gasteiger partial charge in [0.1, 0.15) is 11.3 Å². The summed E-state index contributed by atoms with van der Waals surface area (Å²) in [5, 5.41) is 12.3. The van der Waals surface area contributed by atoms with Gasteiger partial charge >= 0.3 is 5.97 Å². The fraction of sp³-hybridized carbons (Fsp3) is 0.0476. The normalized spacial score (nSPS) is 10.2. The highest BCUT2D eigenvalue weighted by Gasteiger charge is 2.13. The quantitative estimate of drug-likeness (QED) is 0.687. The van der Waals surface area contributed by atoms with Gasteiger partial charge in [-0.25, -0.2) is 4.79 Å². The zero-order chi connectivity index (χ0) is 18.4. The Morgan fingerprint density at radius 1 is 0.808 bits per heavy atom. The molecule has 0 aromatic heterocycles. The van der Waals surface area contributed by atoms with Crippen molar-refractivity contribution in [1.29, 1.82) is 0 Å². The van der Waals surface area contributed by atoms with E-state index in [-0.39, 0.29) is 11.3 Å². The third kappa shape index (κ3) is 4.27. The summed E-state index contributed by atoms with van der Waals surface area (Å²) in [6.07, 6.45) is 0. The first-order chi connectivity index (χ1) is 12.6. The lowest BCUT2D eigenvalue weighted by atomic mass is 10.1. The predicted octanol–water partition coefficient (Wildman–Crippen LogP) is 3.85. The van der Waals surface area contributed by atoms with Gasteiger partial charge in [-0.15, -0.1) is 0 Å². The topological polar surface area (TPSA) is 75.6 Å². The second-order valence-corrected chi connectivity index (χ2v) is 5.58. The van der Waals surface area contributed by atoms with Crippen molar-refractivity contribution >= 4 is 17.6 Å². The molecule has 2 N–H and O–H groups in total. The van der Waals surface area contributed by atoms with Crippen molar-refractivity contribution in [1.82, 2.24) is 0 Å². The SMILES string of the molecule is O=C(COC(=O)c1ccccc1O)Nc1ccc(-c2ccccc2)cc1. The molecule has 0 atom stereocenters. The van der Waals surface area contributed by atoms with E-state index in [9.17, 15) is 14.7 Å². The van der Waals surface area contributed by atoms with E-state index in [0.29, 0.717) is 5.69 Å². The van der Waals surface area contributed by atoms with Gasteiger partial charge in [0.2, 0.25) is 0 Å². The van der Waals surface area contributed by atoms with Crippen LogP contribution in [0.25, 0.3) is 11.1 Å². The van der Waals surface area contributed by atoms with Crippen molar-refractivity contribution in [2.45, 2.75) is 0 Å². The van der Waals surface area contributed by atoms with E-state index in [2.05, 4.69) is 5.32 Å². The van der Waals surface area contributed by atoms with Crippen molar-refractivity contribution in [3.05, 3.63) is 84.4 Å². The first-order valence-corrected chi connectivity index (χ1v) is 8.04. The number of phenols is 1. The van der Waals surface area contributed by atoms with E-state index in [1.54, 1.807) is 24.3 Å². The van der Waals surface area contributed by atoms with Gasteiger partial charge in [0.25, 0.3) is 5.91 Å². The molecule has 3 aromatic carbocycles. The number of benzene rings is 3. The Morgan fingerprint density at radius 3 is 2.12 bits per heavy atom. The van der Waals surface area contributed by atoms with Crippen LogP contribution in [0.5, 0.6) is 5.75 Å². The number of para-hydroxylation sites is 1. The number of hydrogen-bond donors (Lipinski definition) is 2. The maximum Gasteiger partial charge on any atom is 0.342 e. The van der Waals surface area contributed by atoms with Crippen molar-refractivity contribution in [2.24, 2.45) is 0 Å². The van der Waals surface area contributed by atoms with Gasteiger partial charge in [0.15, 0.2) is 6.61 Å². The summed E-state index contributed by atoms with van der Waals surface area (Å²) in [6, 6.07) is 23.3. The summed E-state index contributed by atoms with van der Waals surface area (Å²) in [4.78, 5) is 23.8. The first kappa shape index (κ1) is 17.2. The van der Waals surface area contributed by atoms with Gasteiger partial charge < -0.3 is 15.2 Å². The number of carbonyl (C=O) groups is 2. The van der Waals surface area contributed by atoms with Gasteiger partial charge in [-0.05, 0) is 35.4 Å². The van der Waals surface area contributed by atoms with E-state index in [1.807, 2.05) is 42.5 Å². The molecule has 0 fully saturated rings. The minimum Gasteiger partial charge on any atom is -0.507 e. The highest BCUT2D eigenvalue weighted by molar-refractivity contribution is 5.96. The molecule has 0 heterocycles. The molecule has 0 spiro atoms. The molecule has 1 amide bonds. The number of esters is 1. The molecule has 0 aliphatic heterocycles. The number of aromatic hydroxyl groups is 1. The lowest BCUT2D eigenvalue weighted by Crippen LogP contribution is -2.20. The van der Waals surface area contributed by atoms with Gasteiger partial charge in [0, 0.05) is 5.69 Å². The number of nitrogens with one attached hydrogen (secondary N) is 1. The molecule has 0 saturated heterocycles. The molecule has 130 valence electrons. The fourth-order valence-electron chi connectivity index (χ4n) is 2.43. The summed E-state index contributed by atoms with van der Waals surface area (Å²) >= 11 is 0. The average Bonchev–Trinajstić information content (AvgIpc) is 2.68. The summed E-state index contributed by atoms with van der Waals surface area (Å²) in [5.74, 6) is -1.40. The van der Waals surface area contributed by atoms with Crippen molar-refractivity contribution in [3.8, 4) is 16.9 Å². The molecule has 0 saturated carbocycles. The average molecular weight is 347 g/mol. The minimum absolute atomic E-state index is 0.0208. The van der Waals surface area contributed by atoms with Crippen LogP contribution >= 0.6 is 0 Å². The molecule has 0 aliphatic carbocycles. The van der Waals surface area contributed by atoms with Gasteiger partial charge in [-0.1, -0.05) is 54.6 Å². The first-order valence-electron chi connectivity index (χ1n) is 8.04. The highest BCUT2D eigenvalue weighted by Crippen LogP contribution is 2.21. The lowest BCUT2D eigenvalue weighted by Gasteiger charge is -2.08. The van der Waals surface area contributed by atoms with Crippen molar-refractivity contribution < 1.29 is 19.4 Å². The number of amides is 1. The van der Waals surface area contributed by atoms with Crippen LogP contribution in [0.3, 0.4) is 0 Å². The monoisotopic (exact) mass is 347 g/mol. The predicted molar refractivity (Wildman–Crippen MR) is 98.9 cm³/mol. The Kier molecular flexibility index (Phi) is 5.29. The largest absolute Gasteiger partial charge is 0.507 e. The lowest BCUT2D eigenvalue weighted by molar-refractivity contribution is -0.119. The molecule has 3 aromatic rings. The summed E-state index contributed by atoms with van der Waals surface area (Å²) in [5.41, 5.74) is 2.75. The second kappa shape index (κ2) is 7.98. The number of phenolic OH excluding ortho intramolecular Hbond substituents is 1. The molecule has 0 aliphatic rings. The molecule has 3 rings (SSSR count). The molecule has 0 unspecified atom stereocenters.